The molecule has 0 bridgehead atoms. The van der Waals surface area contributed by atoms with Gasteiger partial charge in [-0.05, 0) is 76.9 Å². The Bertz CT molecular complexity index is 1580. The molecule has 2 N–H and O–H groups in total. The van der Waals surface area contributed by atoms with Gasteiger partial charge in [0, 0.05) is 44.2 Å². The molecule has 2 amide bonds. The second-order valence-corrected chi connectivity index (χ2v) is 14.3. The van der Waals surface area contributed by atoms with E-state index in [1.54, 1.807) is 73.9 Å². The molecular weight excluding hydrogens is 627 g/mol. The quantitative estimate of drug-likeness (QED) is 0.420. The van der Waals surface area contributed by atoms with Crippen molar-refractivity contribution in [1.82, 2.24) is 9.80 Å². The molecule has 0 radical (unpaired) electrons. The van der Waals surface area contributed by atoms with Crippen LogP contribution >= 0.6 is 7.82 Å². The number of hydrogen-bond donors (Lipinski definition) is 2. The van der Waals surface area contributed by atoms with Gasteiger partial charge >= 0.3 is 7.82 Å². The zero-order valence-corrected chi connectivity index (χ0v) is 27.9. The fraction of sp³-hybridized carbons (Fsp3) is 0.515. The monoisotopic (exact) mass is 666 g/mol. The highest BCUT2D eigenvalue weighted by Gasteiger charge is 2.56. The zero-order chi connectivity index (χ0) is 34.3. The predicted molar refractivity (Wildman–Crippen MR) is 167 cm³/mol. The minimum atomic E-state index is -5.01. The lowest BCUT2D eigenvalue weighted by atomic mass is 9.85. The summed E-state index contributed by atoms with van der Waals surface area (Å²) in [6.07, 6.45) is -0.536. The number of nitrogens with zero attached hydrogens (tertiary/aromatic N) is 4. The standard InChI is InChI=1S/C32H35N4O8P.CH4O/c1-31(2)29(27(35-13-5-7-25(35)37)21-15-19(17-33)9-11-23(21)41-31)43-45(39,40)44-30-28(36-14-6-8-26(36)38)22-16-20(18-34)10-12-24(22)42-32(30,3)4;1-2/h9-12,15-16,27-30H,5-8,13-14H2,1-4H3,(H,39,40);2H,1H3/t27-,28-,29+,30+;/m1./s1. The highest BCUT2D eigenvalue weighted by molar-refractivity contribution is 7.47. The van der Waals surface area contributed by atoms with E-state index in [1.165, 1.54) is 0 Å². The summed E-state index contributed by atoms with van der Waals surface area (Å²) in [6, 6.07) is 12.3. The number of nitriles is 2. The first-order chi connectivity index (χ1) is 22.2. The topological polar surface area (TPSA) is 183 Å². The summed E-state index contributed by atoms with van der Waals surface area (Å²) in [5, 5.41) is 26.2. The van der Waals surface area contributed by atoms with E-state index >= 15 is 0 Å². The number of rotatable bonds is 6. The normalized spacial score (nSPS) is 25.7. The molecule has 2 fully saturated rings. The maximum Gasteiger partial charge on any atom is 0.473 e. The SMILES string of the molecule is CC1(C)Oc2ccc(C#N)cc2[C@@H](N2CCCC2=O)[C@@H]1OP(=O)(O)O[C@H]1[C@H](N2CCCC2=O)c2cc(C#N)ccc2OC1(C)C.CO. The molecule has 4 heterocycles. The number of carbonyl (C=O) groups excluding carboxylic acids is 2. The summed E-state index contributed by atoms with van der Waals surface area (Å²) < 4.78 is 38.8. The molecule has 6 rings (SSSR count). The van der Waals surface area contributed by atoms with Gasteiger partial charge in [-0.25, -0.2) is 4.57 Å². The molecule has 47 heavy (non-hydrogen) atoms. The summed E-state index contributed by atoms with van der Waals surface area (Å²) >= 11 is 0. The number of aliphatic hydroxyl groups excluding tert-OH is 1. The average Bonchev–Trinajstić information content (AvgIpc) is 3.65. The lowest BCUT2D eigenvalue weighted by molar-refractivity contribution is -0.144. The molecule has 14 heteroatoms. The van der Waals surface area contributed by atoms with Crippen LogP contribution < -0.4 is 9.47 Å². The second-order valence-electron chi connectivity index (χ2n) is 12.9. The van der Waals surface area contributed by atoms with Gasteiger partial charge in [-0.2, -0.15) is 10.5 Å². The molecule has 4 aliphatic rings. The molecule has 0 aromatic heterocycles. The number of phosphoric ester groups is 1. The fourth-order valence-corrected chi connectivity index (χ4v) is 8.29. The lowest BCUT2D eigenvalue weighted by Gasteiger charge is -2.49. The Labute approximate surface area is 273 Å². The molecule has 4 aliphatic heterocycles. The number of benzene rings is 2. The van der Waals surface area contributed by atoms with Gasteiger partial charge in [-0.3, -0.25) is 18.6 Å². The third kappa shape index (κ3) is 6.47. The number of fused-ring (bicyclic) bond motifs is 2. The number of phosphoric acid groups is 1. The third-order valence-electron chi connectivity index (χ3n) is 8.99. The number of aliphatic hydroxyl groups is 1. The van der Waals surface area contributed by atoms with Gasteiger partial charge < -0.3 is 29.3 Å². The summed E-state index contributed by atoms with van der Waals surface area (Å²) in [5.41, 5.74) is -0.765. The van der Waals surface area contributed by atoms with Gasteiger partial charge in [-0.1, -0.05) is 0 Å². The summed E-state index contributed by atoms with van der Waals surface area (Å²) in [6.45, 7) is 7.59. The van der Waals surface area contributed by atoms with E-state index in [0.717, 1.165) is 7.11 Å². The molecule has 250 valence electrons. The van der Waals surface area contributed by atoms with Crippen molar-refractivity contribution in [2.75, 3.05) is 20.2 Å². The molecule has 0 spiro atoms. The molecule has 2 saturated heterocycles. The first-order valence-corrected chi connectivity index (χ1v) is 16.9. The Kier molecular flexibility index (Phi) is 9.44. The Balaban J connectivity index is 0.00000213. The Morgan fingerprint density at radius 2 is 1.17 bits per heavy atom. The van der Waals surface area contributed by atoms with Crippen LogP contribution in [0.25, 0.3) is 0 Å². The molecule has 0 unspecified atom stereocenters. The van der Waals surface area contributed by atoms with Crippen LogP contribution in [-0.4, -0.2) is 75.2 Å². The number of ether oxygens (including phenoxy) is 2. The number of carbonyl (C=O) groups is 2. The van der Waals surface area contributed by atoms with Crippen molar-refractivity contribution in [2.24, 2.45) is 0 Å². The van der Waals surface area contributed by atoms with Gasteiger partial charge in [0.2, 0.25) is 11.8 Å². The van der Waals surface area contributed by atoms with Crippen molar-refractivity contribution in [3.8, 4) is 23.6 Å². The molecule has 4 atom stereocenters. The zero-order valence-electron chi connectivity index (χ0n) is 27.0. The lowest BCUT2D eigenvalue weighted by Crippen LogP contribution is -2.56. The first-order valence-electron chi connectivity index (χ1n) is 15.4. The van der Waals surface area contributed by atoms with Crippen molar-refractivity contribution >= 4 is 19.6 Å². The van der Waals surface area contributed by atoms with E-state index in [4.69, 9.17) is 23.6 Å². The van der Waals surface area contributed by atoms with Gasteiger partial charge in [-0.15, -0.1) is 0 Å². The van der Waals surface area contributed by atoms with E-state index in [0.29, 0.717) is 72.5 Å². The summed E-state index contributed by atoms with van der Waals surface area (Å²) in [4.78, 5) is 40.9. The highest BCUT2D eigenvalue weighted by Crippen LogP contribution is 2.58. The van der Waals surface area contributed by atoms with Crippen LogP contribution in [0, 0.1) is 22.7 Å². The van der Waals surface area contributed by atoms with Crippen molar-refractivity contribution in [2.45, 2.75) is 88.9 Å². The van der Waals surface area contributed by atoms with Crippen molar-refractivity contribution < 1.29 is 42.7 Å². The van der Waals surface area contributed by atoms with E-state index < -0.39 is 43.3 Å². The third-order valence-corrected chi connectivity index (χ3v) is 9.98. The first kappa shape index (κ1) is 34.4. The van der Waals surface area contributed by atoms with Crippen molar-refractivity contribution in [3.63, 3.8) is 0 Å². The van der Waals surface area contributed by atoms with Crippen LogP contribution in [0.4, 0.5) is 0 Å². The van der Waals surface area contributed by atoms with Crippen LogP contribution in [0.1, 0.15) is 87.7 Å². The molecule has 0 saturated carbocycles. The maximum atomic E-state index is 14.2. The second kappa shape index (κ2) is 12.9. The van der Waals surface area contributed by atoms with E-state index in [-0.39, 0.29) is 11.8 Å². The van der Waals surface area contributed by atoms with Crippen LogP contribution in [0.5, 0.6) is 11.5 Å². The number of amides is 2. The van der Waals surface area contributed by atoms with Gasteiger partial charge in [0.15, 0.2) is 0 Å². The average molecular weight is 667 g/mol. The molecule has 13 nitrogen and oxygen atoms in total. The van der Waals surface area contributed by atoms with E-state index in [9.17, 15) is 29.6 Å². The minimum absolute atomic E-state index is 0.146. The molecule has 0 aliphatic carbocycles. The summed E-state index contributed by atoms with van der Waals surface area (Å²) in [5.74, 6) is 0.591. The summed E-state index contributed by atoms with van der Waals surface area (Å²) in [7, 11) is -4.01. The number of hydrogen-bond acceptors (Lipinski definition) is 10. The van der Waals surface area contributed by atoms with Crippen molar-refractivity contribution in [3.05, 3.63) is 58.7 Å². The van der Waals surface area contributed by atoms with Crippen LogP contribution in [0.3, 0.4) is 0 Å². The van der Waals surface area contributed by atoms with Crippen LogP contribution in [0.15, 0.2) is 36.4 Å². The Morgan fingerprint density at radius 3 is 1.49 bits per heavy atom. The number of likely N-dealkylation sites (tertiary alicyclic amines) is 2. The van der Waals surface area contributed by atoms with Gasteiger partial charge in [0.25, 0.3) is 0 Å². The van der Waals surface area contributed by atoms with E-state index in [2.05, 4.69) is 12.1 Å². The predicted octanol–water partition coefficient (Wildman–Crippen LogP) is 4.28. The van der Waals surface area contributed by atoms with E-state index in [1.807, 2.05) is 0 Å². The fourth-order valence-electron chi connectivity index (χ4n) is 6.92. The van der Waals surface area contributed by atoms with Gasteiger partial charge in [0.05, 0.1) is 35.3 Å². The smallest absolute Gasteiger partial charge is 0.473 e. The minimum Gasteiger partial charge on any atom is -0.485 e. The molecule has 2 aromatic rings. The highest BCUT2D eigenvalue weighted by atomic mass is 31.2. The van der Waals surface area contributed by atoms with Gasteiger partial charge in [0.1, 0.15) is 34.9 Å². The largest absolute Gasteiger partial charge is 0.485 e. The Morgan fingerprint density at radius 1 is 0.787 bits per heavy atom. The van der Waals surface area contributed by atoms with Crippen molar-refractivity contribution in [1.29, 1.82) is 10.5 Å². The van der Waals surface area contributed by atoms with Crippen LogP contribution in [0.2, 0.25) is 0 Å². The maximum absolute atomic E-state index is 14.2. The molecular formula is C33H39N4O9P. The molecule has 2 aromatic carbocycles. The van der Waals surface area contributed by atoms with Crippen LogP contribution in [-0.2, 0) is 23.2 Å². The Hall–Kier alpha value is -3.97.